The Kier molecular flexibility index (Phi) is 6.10. The first-order valence-electron chi connectivity index (χ1n) is 5.51. The van der Waals surface area contributed by atoms with Crippen molar-refractivity contribution < 1.29 is 9.47 Å². The Morgan fingerprint density at radius 1 is 1.14 bits per heavy atom. The summed E-state index contributed by atoms with van der Waals surface area (Å²) in [6, 6.07) is 0.395. The first-order chi connectivity index (χ1) is 6.84. The van der Waals surface area contributed by atoms with Crippen LogP contribution in [0.4, 0.5) is 0 Å². The average molecular weight is 202 g/mol. The van der Waals surface area contributed by atoms with Crippen LogP contribution in [0.15, 0.2) is 0 Å². The Labute approximate surface area is 86.1 Å². The van der Waals surface area contributed by atoms with Gasteiger partial charge in [0, 0.05) is 19.8 Å². The molecule has 14 heavy (non-hydrogen) atoms. The van der Waals surface area contributed by atoms with Crippen LogP contribution in [0, 0.1) is 0 Å². The van der Waals surface area contributed by atoms with Gasteiger partial charge in [0.05, 0.1) is 18.8 Å². The number of nitrogens with two attached hydrogens (primary N) is 1. The first-order valence-corrected chi connectivity index (χ1v) is 5.51. The van der Waals surface area contributed by atoms with E-state index in [1.165, 1.54) is 0 Å². The highest BCUT2D eigenvalue weighted by atomic mass is 16.5. The molecule has 0 spiro atoms. The maximum Gasteiger partial charge on any atom is 0.0731 e. The molecule has 0 aromatic rings. The van der Waals surface area contributed by atoms with Crippen LogP contribution in [0.3, 0.4) is 0 Å². The van der Waals surface area contributed by atoms with Crippen LogP contribution in [0.5, 0.6) is 0 Å². The minimum Gasteiger partial charge on any atom is -0.381 e. The molecule has 0 aliphatic carbocycles. The van der Waals surface area contributed by atoms with Crippen molar-refractivity contribution in [3.63, 3.8) is 0 Å². The Bertz CT molecular complexity index is 144. The summed E-state index contributed by atoms with van der Waals surface area (Å²) in [5, 5.41) is 3.08. The van der Waals surface area contributed by atoms with E-state index in [-0.39, 0.29) is 6.17 Å². The fraction of sp³-hybridized carbons (Fsp3) is 1.00. The molecule has 0 saturated carbocycles. The van der Waals surface area contributed by atoms with Gasteiger partial charge in [-0.15, -0.1) is 0 Å². The lowest BCUT2D eigenvalue weighted by molar-refractivity contribution is 0.103. The smallest absolute Gasteiger partial charge is 0.0731 e. The molecule has 4 heteroatoms. The molecule has 0 radical (unpaired) electrons. The lowest BCUT2D eigenvalue weighted by Gasteiger charge is -2.03. The van der Waals surface area contributed by atoms with E-state index in [4.69, 9.17) is 15.2 Å². The molecule has 1 heterocycles. The van der Waals surface area contributed by atoms with E-state index in [1.54, 1.807) is 0 Å². The zero-order chi connectivity index (χ0) is 10.2. The van der Waals surface area contributed by atoms with Gasteiger partial charge in [-0.1, -0.05) is 6.92 Å². The summed E-state index contributed by atoms with van der Waals surface area (Å²) in [4.78, 5) is 0. The van der Waals surface area contributed by atoms with Crippen molar-refractivity contribution in [1.82, 2.24) is 5.32 Å². The predicted octanol–water partition coefficient (Wildman–Crippen LogP) is 0.466. The van der Waals surface area contributed by atoms with Crippen LogP contribution in [0.1, 0.15) is 26.2 Å². The SMILES string of the molecule is CCCOCCCCOCC1NC1N. The summed E-state index contributed by atoms with van der Waals surface area (Å²) in [5.74, 6) is 0. The second kappa shape index (κ2) is 7.17. The largest absolute Gasteiger partial charge is 0.381 e. The topological polar surface area (TPSA) is 66.4 Å². The summed E-state index contributed by atoms with van der Waals surface area (Å²) in [6.45, 7) is 5.42. The number of nitrogens with one attached hydrogen (secondary N) is 1. The molecule has 1 aliphatic rings. The van der Waals surface area contributed by atoms with E-state index in [1.807, 2.05) is 0 Å². The van der Waals surface area contributed by atoms with Crippen molar-refractivity contribution in [1.29, 1.82) is 0 Å². The van der Waals surface area contributed by atoms with E-state index in [0.29, 0.717) is 6.04 Å². The minimum atomic E-state index is 0.169. The lowest BCUT2D eigenvalue weighted by Crippen LogP contribution is -2.11. The number of hydrogen-bond donors (Lipinski definition) is 2. The lowest BCUT2D eigenvalue weighted by atomic mass is 10.3. The summed E-state index contributed by atoms with van der Waals surface area (Å²) >= 11 is 0. The second-order valence-corrected chi connectivity index (χ2v) is 3.69. The van der Waals surface area contributed by atoms with Gasteiger partial charge < -0.3 is 15.2 Å². The summed E-state index contributed by atoms with van der Waals surface area (Å²) in [7, 11) is 0. The van der Waals surface area contributed by atoms with E-state index in [2.05, 4.69) is 12.2 Å². The quantitative estimate of drug-likeness (QED) is 0.421. The molecular weight excluding hydrogens is 180 g/mol. The number of hydrogen-bond acceptors (Lipinski definition) is 4. The molecule has 1 saturated heterocycles. The first kappa shape index (κ1) is 11.9. The zero-order valence-electron chi connectivity index (χ0n) is 9.00. The standard InChI is InChI=1S/C10H22N2O2/c1-2-5-13-6-3-4-7-14-8-9-10(11)12-9/h9-10,12H,2-8,11H2,1H3. The number of rotatable bonds is 9. The van der Waals surface area contributed by atoms with Gasteiger partial charge in [-0.3, -0.25) is 5.32 Å². The molecule has 4 nitrogen and oxygen atoms in total. The summed E-state index contributed by atoms with van der Waals surface area (Å²) < 4.78 is 10.8. The predicted molar refractivity (Wildman–Crippen MR) is 56.1 cm³/mol. The molecule has 1 aliphatic heterocycles. The normalized spacial score (nSPS) is 25.3. The van der Waals surface area contributed by atoms with Crippen molar-refractivity contribution in [2.24, 2.45) is 5.73 Å². The van der Waals surface area contributed by atoms with Crippen LogP contribution in [-0.2, 0) is 9.47 Å². The van der Waals surface area contributed by atoms with Gasteiger partial charge in [0.1, 0.15) is 0 Å². The summed E-state index contributed by atoms with van der Waals surface area (Å²) in [6.07, 6.45) is 3.43. The molecule has 3 N–H and O–H groups in total. The molecular formula is C10H22N2O2. The maximum absolute atomic E-state index is 5.55. The number of unbranched alkanes of at least 4 members (excludes halogenated alkanes) is 1. The van der Waals surface area contributed by atoms with Crippen molar-refractivity contribution in [3.8, 4) is 0 Å². The molecule has 2 atom stereocenters. The molecule has 2 unspecified atom stereocenters. The molecule has 84 valence electrons. The Hall–Kier alpha value is -0.160. The fourth-order valence-electron chi connectivity index (χ4n) is 1.21. The Morgan fingerprint density at radius 2 is 1.79 bits per heavy atom. The second-order valence-electron chi connectivity index (χ2n) is 3.69. The van der Waals surface area contributed by atoms with Gasteiger partial charge in [0.15, 0.2) is 0 Å². The molecule has 1 rings (SSSR count). The summed E-state index contributed by atoms with van der Waals surface area (Å²) in [5.41, 5.74) is 5.55. The maximum atomic E-state index is 5.55. The van der Waals surface area contributed by atoms with Gasteiger partial charge in [-0.25, -0.2) is 0 Å². The molecule has 0 amide bonds. The van der Waals surface area contributed by atoms with Crippen LogP contribution in [0.2, 0.25) is 0 Å². The molecule has 0 aromatic heterocycles. The third-order valence-corrected chi connectivity index (χ3v) is 2.20. The highest BCUT2D eigenvalue weighted by molar-refractivity contribution is 4.92. The van der Waals surface area contributed by atoms with Crippen LogP contribution in [0.25, 0.3) is 0 Å². The fourth-order valence-corrected chi connectivity index (χ4v) is 1.21. The van der Waals surface area contributed by atoms with Crippen molar-refractivity contribution in [2.75, 3.05) is 26.4 Å². The van der Waals surface area contributed by atoms with Crippen molar-refractivity contribution in [2.45, 2.75) is 38.4 Å². The van der Waals surface area contributed by atoms with E-state index in [0.717, 1.165) is 45.7 Å². The Balaban J connectivity index is 1.68. The number of ether oxygens (including phenoxy) is 2. The van der Waals surface area contributed by atoms with E-state index in [9.17, 15) is 0 Å². The monoisotopic (exact) mass is 202 g/mol. The van der Waals surface area contributed by atoms with Gasteiger partial charge >= 0.3 is 0 Å². The van der Waals surface area contributed by atoms with Gasteiger partial charge in [0.2, 0.25) is 0 Å². The minimum absolute atomic E-state index is 0.169. The highest BCUT2D eigenvalue weighted by Gasteiger charge is 2.31. The van der Waals surface area contributed by atoms with Gasteiger partial charge in [-0.2, -0.15) is 0 Å². The van der Waals surface area contributed by atoms with E-state index >= 15 is 0 Å². The molecule has 1 fully saturated rings. The van der Waals surface area contributed by atoms with Crippen LogP contribution < -0.4 is 11.1 Å². The van der Waals surface area contributed by atoms with E-state index < -0.39 is 0 Å². The van der Waals surface area contributed by atoms with Crippen molar-refractivity contribution in [3.05, 3.63) is 0 Å². The Morgan fingerprint density at radius 3 is 2.36 bits per heavy atom. The highest BCUT2D eigenvalue weighted by Crippen LogP contribution is 2.04. The third kappa shape index (κ3) is 5.54. The molecule has 0 bridgehead atoms. The van der Waals surface area contributed by atoms with Crippen LogP contribution >= 0.6 is 0 Å². The zero-order valence-corrected chi connectivity index (χ0v) is 9.00. The van der Waals surface area contributed by atoms with Gasteiger partial charge in [0.25, 0.3) is 0 Å². The average Bonchev–Trinajstić information content (AvgIpc) is 2.87. The van der Waals surface area contributed by atoms with Gasteiger partial charge in [-0.05, 0) is 19.3 Å². The molecule has 0 aromatic carbocycles. The van der Waals surface area contributed by atoms with Crippen LogP contribution in [-0.4, -0.2) is 38.6 Å². The third-order valence-electron chi connectivity index (χ3n) is 2.20. The van der Waals surface area contributed by atoms with Crippen molar-refractivity contribution >= 4 is 0 Å².